The number of aliphatic hydroxyl groups is 1. The van der Waals surface area contributed by atoms with Gasteiger partial charge in [-0.1, -0.05) is 17.7 Å². The molecule has 2 rings (SSSR count). The highest BCUT2D eigenvalue weighted by molar-refractivity contribution is 6.30. The molecule has 4 heteroatoms. The molecule has 0 radical (unpaired) electrons. The molecule has 2 atom stereocenters. The Balaban J connectivity index is 2.34. The summed E-state index contributed by atoms with van der Waals surface area (Å²) in [5, 5.41) is 10.4. The topological polar surface area (TPSA) is 55.5 Å². The maximum Gasteiger partial charge on any atom is 0.124 e. The second kappa shape index (κ2) is 4.39. The molecule has 1 heterocycles. The van der Waals surface area contributed by atoms with Crippen molar-refractivity contribution in [2.45, 2.75) is 18.4 Å². The lowest BCUT2D eigenvalue weighted by atomic mass is 9.88. The molecule has 0 amide bonds. The van der Waals surface area contributed by atoms with Crippen LogP contribution in [-0.4, -0.2) is 24.4 Å². The molecule has 1 aliphatic rings. The van der Waals surface area contributed by atoms with E-state index in [9.17, 15) is 5.11 Å². The molecule has 0 fully saturated rings. The second-order valence-corrected chi connectivity index (χ2v) is 4.17. The maximum absolute atomic E-state index is 9.79. The molecule has 0 aliphatic carbocycles. The quantitative estimate of drug-likeness (QED) is 0.806. The Morgan fingerprint density at radius 2 is 2.40 bits per heavy atom. The average Bonchev–Trinajstić information content (AvgIpc) is 2.26. The molecular weight excluding hydrogens is 214 g/mol. The van der Waals surface area contributed by atoms with E-state index in [2.05, 4.69) is 0 Å². The van der Waals surface area contributed by atoms with Crippen molar-refractivity contribution in [1.82, 2.24) is 0 Å². The van der Waals surface area contributed by atoms with Gasteiger partial charge in [0.25, 0.3) is 0 Å². The number of benzene rings is 1. The van der Waals surface area contributed by atoms with Crippen LogP contribution in [0.4, 0.5) is 0 Å². The monoisotopic (exact) mass is 227 g/mol. The maximum atomic E-state index is 9.79. The van der Waals surface area contributed by atoms with E-state index in [1.165, 1.54) is 0 Å². The second-order valence-electron chi connectivity index (χ2n) is 3.73. The van der Waals surface area contributed by atoms with Crippen molar-refractivity contribution in [2.75, 3.05) is 13.2 Å². The SMILES string of the molecule is NCC(O)C1CCOc2cc(Cl)ccc21. The van der Waals surface area contributed by atoms with Gasteiger partial charge in [-0.05, 0) is 18.6 Å². The molecule has 0 aromatic heterocycles. The minimum absolute atomic E-state index is 0.0658. The lowest BCUT2D eigenvalue weighted by molar-refractivity contribution is 0.123. The average molecular weight is 228 g/mol. The Bertz CT molecular complexity index is 356. The molecule has 82 valence electrons. The highest BCUT2D eigenvalue weighted by Crippen LogP contribution is 2.37. The van der Waals surface area contributed by atoms with Crippen LogP contribution in [0, 0.1) is 0 Å². The van der Waals surface area contributed by atoms with Crippen LogP contribution in [0.25, 0.3) is 0 Å². The molecule has 1 aliphatic heterocycles. The molecule has 3 nitrogen and oxygen atoms in total. The lowest BCUT2D eigenvalue weighted by Crippen LogP contribution is -2.31. The van der Waals surface area contributed by atoms with Gasteiger partial charge in [-0.15, -0.1) is 0 Å². The zero-order valence-corrected chi connectivity index (χ0v) is 9.07. The summed E-state index contributed by atoms with van der Waals surface area (Å²) in [5.74, 6) is 0.835. The number of ether oxygens (including phenoxy) is 1. The molecule has 1 aromatic rings. The van der Waals surface area contributed by atoms with Crippen LogP contribution < -0.4 is 10.5 Å². The van der Waals surface area contributed by atoms with E-state index in [1.807, 2.05) is 12.1 Å². The zero-order chi connectivity index (χ0) is 10.8. The summed E-state index contributed by atoms with van der Waals surface area (Å²) in [7, 11) is 0. The van der Waals surface area contributed by atoms with E-state index in [0.717, 1.165) is 17.7 Å². The van der Waals surface area contributed by atoms with Gasteiger partial charge in [0, 0.05) is 23.0 Å². The Hall–Kier alpha value is -0.770. The van der Waals surface area contributed by atoms with Crippen molar-refractivity contribution < 1.29 is 9.84 Å². The number of rotatable bonds is 2. The standard InChI is InChI=1S/C11H14ClNO2/c12-7-1-2-9-8(10(14)6-13)3-4-15-11(9)5-7/h1-2,5,8,10,14H,3-4,6,13H2. The van der Waals surface area contributed by atoms with E-state index in [0.29, 0.717) is 11.6 Å². The summed E-state index contributed by atoms with van der Waals surface area (Å²) in [4.78, 5) is 0. The largest absolute Gasteiger partial charge is 0.493 e. The number of fused-ring (bicyclic) bond motifs is 1. The first-order chi connectivity index (χ1) is 7.22. The summed E-state index contributed by atoms with van der Waals surface area (Å²) in [5.41, 5.74) is 6.48. The van der Waals surface area contributed by atoms with Gasteiger partial charge in [0.15, 0.2) is 0 Å². The van der Waals surface area contributed by atoms with Gasteiger partial charge < -0.3 is 15.6 Å². The molecule has 2 unspecified atom stereocenters. The van der Waals surface area contributed by atoms with Crippen LogP contribution in [0.15, 0.2) is 18.2 Å². The van der Waals surface area contributed by atoms with Crippen molar-refractivity contribution in [3.63, 3.8) is 0 Å². The Morgan fingerprint density at radius 3 is 3.13 bits per heavy atom. The van der Waals surface area contributed by atoms with Crippen LogP contribution in [0.1, 0.15) is 17.9 Å². The fraction of sp³-hybridized carbons (Fsp3) is 0.455. The summed E-state index contributed by atoms with van der Waals surface area (Å²) in [6.45, 7) is 0.877. The Kier molecular flexibility index (Phi) is 3.14. The molecule has 0 spiro atoms. The highest BCUT2D eigenvalue weighted by Gasteiger charge is 2.26. The minimum atomic E-state index is -0.506. The van der Waals surface area contributed by atoms with E-state index in [4.69, 9.17) is 22.1 Å². The van der Waals surface area contributed by atoms with E-state index >= 15 is 0 Å². The summed E-state index contributed by atoms with van der Waals surface area (Å²) >= 11 is 5.87. The van der Waals surface area contributed by atoms with Gasteiger partial charge in [-0.3, -0.25) is 0 Å². The first-order valence-corrected chi connectivity index (χ1v) is 5.40. The number of hydrogen-bond acceptors (Lipinski definition) is 3. The van der Waals surface area contributed by atoms with E-state index in [1.54, 1.807) is 6.07 Å². The molecule has 3 N–H and O–H groups in total. The van der Waals surface area contributed by atoms with E-state index < -0.39 is 6.10 Å². The van der Waals surface area contributed by atoms with Crippen LogP contribution in [0.5, 0.6) is 5.75 Å². The molecular formula is C11H14ClNO2. The van der Waals surface area contributed by atoms with Crippen molar-refractivity contribution in [3.8, 4) is 5.75 Å². The predicted octanol–water partition coefficient (Wildman–Crippen LogP) is 1.53. The molecule has 1 aromatic carbocycles. The van der Waals surface area contributed by atoms with Crippen molar-refractivity contribution in [1.29, 1.82) is 0 Å². The van der Waals surface area contributed by atoms with Crippen molar-refractivity contribution in [2.24, 2.45) is 5.73 Å². The van der Waals surface area contributed by atoms with Crippen LogP contribution in [0.3, 0.4) is 0 Å². The van der Waals surface area contributed by atoms with Gasteiger partial charge in [-0.2, -0.15) is 0 Å². The zero-order valence-electron chi connectivity index (χ0n) is 8.32. The minimum Gasteiger partial charge on any atom is -0.493 e. The Morgan fingerprint density at radius 1 is 1.60 bits per heavy atom. The van der Waals surface area contributed by atoms with Crippen LogP contribution >= 0.6 is 11.6 Å². The first kappa shape index (κ1) is 10.7. The Labute approximate surface area is 93.8 Å². The normalized spacial score (nSPS) is 21.7. The van der Waals surface area contributed by atoms with Gasteiger partial charge in [0.1, 0.15) is 5.75 Å². The molecule has 0 saturated heterocycles. The van der Waals surface area contributed by atoms with Crippen molar-refractivity contribution in [3.05, 3.63) is 28.8 Å². The third-order valence-electron chi connectivity index (χ3n) is 2.77. The molecule has 15 heavy (non-hydrogen) atoms. The predicted molar refractivity (Wildman–Crippen MR) is 59.4 cm³/mol. The number of hydrogen-bond donors (Lipinski definition) is 2. The van der Waals surface area contributed by atoms with Crippen LogP contribution in [-0.2, 0) is 0 Å². The fourth-order valence-corrected chi connectivity index (χ4v) is 2.12. The van der Waals surface area contributed by atoms with Gasteiger partial charge in [0.05, 0.1) is 12.7 Å². The number of halogens is 1. The lowest BCUT2D eigenvalue weighted by Gasteiger charge is -2.29. The van der Waals surface area contributed by atoms with Gasteiger partial charge in [-0.25, -0.2) is 0 Å². The fourth-order valence-electron chi connectivity index (χ4n) is 1.95. The summed E-state index contributed by atoms with van der Waals surface area (Å²) in [6.07, 6.45) is 0.293. The molecule has 0 saturated carbocycles. The molecule has 0 bridgehead atoms. The number of nitrogens with two attached hydrogens (primary N) is 1. The van der Waals surface area contributed by atoms with Crippen molar-refractivity contribution >= 4 is 11.6 Å². The van der Waals surface area contributed by atoms with E-state index in [-0.39, 0.29) is 12.5 Å². The smallest absolute Gasteiger partial charge is 0.124 e. The third kappa shape index (κ3) is 2.09. The summed E-state index contributed by atoms with van der Waals surface area (Å²) in [6, 6.07) is 5.50. The highest BCUT2D eigenvalue weighted by atomic mass is 35.5. The number of aliphatic hydroxyl groups excluding tert-OH is 1. The van der Waals surface area contributed by atoms with Crippen LogP contribution in [0.2, 0.25) is 5.02 Å². The first-order valence-electron chi connectivity index (χ1n) is 5.02. The third-order valence-corrected chi connectivity index (χ3v) is 3.00. The van der Waals surface area contributed by atoms with Gasteiger partial charge >= 0.3 is 0 Å². The summed E-state index contributed by atoms with van der Waals surface area (Å²) < 4.78 is 5.49. The van der Waals surface area contributed by atoms with Gasteiger partial charge in [0.2, 0.25) is 0 Å².